The molecule has 2 aliphatic rings. The van der Waals surface area contributed by atoms with Gasteiger partial charge in [-0.2, -0.15) is 0 Å². The minimum atomic E-state index is -0.0469. The van der Waals surface area contributed by atoms with Crippen molar-refractivity contribution in [3.63, 3.8) is 0 Å². The largest absolute Gasteiger partial charge is 0.0801 e. The number of hydrogen-bond acceptors (Lipinski definition) is 0. The lowest BCUT2D eigenvalue weighted by molar-refractivity contribution is 0.579. The van der Waals surface area contributed by atoms with Crippen molar-refractivity contribution < 1.29 is 0 Å². The number of fused-ring (bicyclic) bond motifs is 2. The van der Waals surface area contributed by atoms with Crippen LogP contribution in [0, 0.1) is 24.3 Å². The zero-order chi connectivity index (χ0) is 30.5. The van der Waals surface area contributed by atoms with Crippen LogP contribution in [0.2, 0.25) is 0 Å². The Morgan fingerprint density at radius 2 is 1.37 bits per heavy atom. The van der Waals surface area contributed by atoms with E-state index in [0.717, 1.165) is 19.3 Å². The van der Waals surface area contributed by atoms with E-state index in [0.29, 0.717) is 0 Å². The van der Waals surface area contributed by atoms with Crippen LogP contribution in [-0.4, -0.2) is 0 Å². The van der Waals surface area contributed by atoms with Gasteiger partial charge in [0.25, 0.3) is 0 Å². The molecular formula is C43H45. The molecule has 4 aromatic carbocycles. The van der Waals surface area contributed by atoms with Gasteiger partial charge < -0.3 is 0 Å². The Morgan fingerprint density at radius 3 is 1.88 bits per heavy atom. The van der Waals surface area contributed by atoms with E-state index in [1.165, 1.54) is 76.5 Å². The molecule has 0 bridgehead atoms. The van der Waals surface area contributed by atoms with Gasteiger partial charge >= 0.3 is 0 Å². The number of rotatable bonds is 5. The highest BCUT2D eigenvalue weighted by molar-refractivity contribution is 5.83. The molecule has 0 unspecified atom stereocenters. The average Bonchev–Trinajstić information content (AvgIpc) is 3.59. The molecule has 0 nitrogen and oxygen atoms in total. The Morgan fingerprint density at radius 1 is 0.767 bits per heavy atom. The first-order chi connectivity index (χ1) is 20.4. The van der Waals surface area contributed by atoms with Gasteiger partial charge in [0.1, 0.15) is 0 Å². The van der Waals surface area contributed by atoms with Crippen LogP contribution in [0.25, 0.3) is 17.2 Å². The third-order valence-electron chi connectivity index (χ3n) is 9.17. The molecule has 0 spiro atoms. The van der Waals surface area contributed by atoms with E-state index in [4.69, 9.17) is 0 Å². The van der Waals surface area contributed by atoms with Gasteiger partial charge in [0, 0.05) is 0 Å². The Balaban J connectivity index is 1.88. The molecule has 4 aromatic rings. The van der Waals surface area contributed by atoms with Crippen LogP contribution >= 0.6 is 0 Å². The fourth-order valence-corrected chi connectivity index (χ4v) is 7.48. The number of benzene rings is 4. The topological polar surface area (TPSA) is 0 Å². The summed E-state index contributed by atoms with van der Waals surface area (Å²) in [6, 6.07) is 27.0. The number of aryl methyl sites for hydroxylation is 1. The van der Waals surface area contributed by atoms with Gasteiger partial charge in [-0.15, -0.1) is 0 Å². The lowest BCUT2D eigenvalue weighted by Crippen LogP contribution is -2.30. The van der Waals surface area contributed by atoms with Crippen molar-refractivity contribution in [2.24, 2.45) is 0 Å². The van der Waals surface area contributed by atoms with E-state index in [9.17, 15) is 0 Å². The average molecular weight is 562 g/mol. The maximum atomic E-state index is 4.00. The van der Waals surface area contributed by atoms with E-state index < -0.39 is 0 Å². The van der Waals surface area contributed by atoms with Crippen molar-refractivity contribution in [2.45, 2.75) is 85.5 Å². The first-order valence-corrected chi connectivity index (χ1v) is 15.9. The minimum absolute atomic E-state index is 0.0469. The van der Waals surface area contributed by atoms with Crippen LogP contribution in [0.15, 0.2) is 91.0 Å². The SMILES string of the molecule is Cc1cc2c(cc1C(C)(C)C)=c1c(c(C3=CC=CC3)c(C)c(C(C)(C)C)c1=C(Cc1ccccc1)Cc1ccccc1)[C]=2. The molecule has 0 saturated heterocycles. The Hall–Kier alpha value is -3.90. The Kier molecular flexibility index (Phi) is 7.45. The second kappa shape index (κ2) is 11.0. The fraction of sp³-hybridized carbons (Fsp3) is 0.302. The van der Waals surface area contributed by atoms with E-state index in [2.05, 4.69) is 152 Å². The Labute approximate surface area is 258 Å². The third-order valence-corrected chi connectivity index (χ3v) is 9.17. The predicted octanol–water partition coefficient (Wildman–Crippen LogP) is 9.18. The van der Waals surface area contributed by atoms with Crippen molar-refractivity contribution in [1.82, 2.24) is 0 Å². The summed E-state index contributed by atoms with van der Waals surface area (Å²) in [6.45, 7) is 18.9. The van der Waals surface area contributed by atoms with Crippen molar-refractivity contribution in [2.75, 3.05) is 0 Å². The first kappa shape index (κ1) is 29.2. The van der Waals surface area contributed by atoms with Crippen molar-refractivity contribution in [3.8, 4) is 0 Å². The van der Waals surface area contributed by atoms with Crippen LogP contribution in [0.3, 0.4) is 0 Å². The van der Waals surface area contributed by atoms with E-state index in [-0.39, 0.29) is 10.8 Å². The van der Waals surface area contributed by atoms with Crippen LogP contribution < -0.4 is 10.4 Å². The molecule has 0 saturated carbocycles. The molecule has 0 N–H and O–H groups in total. The van der Waals surface area contributed by atoms with Gasteiger partial charge in [-0.3, -0.25) is 0 Å². The van der Waals surface area contributed by atoms with Crippen LogP contribution in [-0.2, 0) is 23.7 Å². The predicted molar refractivity (Wildman–Crippen MR) is 185 cm³/mol. The summed E-state index contributed by atoms with van der Waals surface area (Å²) in [5.74, 6) is 0. The van der Waals surface area contributed by atoms with Gasteiger partial charge in [0.15, 0.2) is 0 Å². The maximum absolute atomic E-state index is 4.00. The second-order valence-corrected chi connectivity index (χ2v) is 14.6. The number of allylic oxidation sites excluding steroid dienone is 4. The Bertz CT molecular complexity index is 1940. The summed E-state index contributed by atoms with van der Waals surface area (Å²) in [4.78, 5) is 0. The van der Waals surface area contributed by atoms with Crippen molar-refractivity contribution in [3.05, 3.63) is 156 Å². The molecule has 0 fully saturated rings. The van der Waals surface area contributed by atoms with E-state index in [1.807, 2.05) is 0 Å². The zero-order valence-electron chi connectivity index (χ0n) is 27.3. The van der Waals surface area contributed by atoms with E-state index in [1.54, 1.807) is 0 Å². The van der Waals surface area contributed by atoms with Crippen LogP contribution in [0.4, 0.5) is 0 Å². The highest BCUT2D eigenvalue weighted by Gasteiger charge is 2.28. The minimum Gasteiger partial charge on any atom is -0.0801 e. The standard InChI is InChI=1S/C43H45/c1-28-23-33-26-36-38(32-21-15-16-22-32)29(2)41(43(6,7)8)39(40(36)35(33)27-37(28)42(3,4)5)34(24-30-17-11-9-12-18-30)25-31-19-13-10-14-20-31/h9-21,23,27H,22,24-25H2,1-8H3. The molecule has 43 heavy (non-hydrogen) atoms. The molecule has 0 amide bonds. The van der Waals surface area contributed by atoms with Gasteiger partial charge in [-0.05, 0) is 127 Å². The van der Waals surface area contributed by atoms with E-state index >= 15 is 0 Å². The maximum Gasteiger partial charge on any atom is -0.000710 e. The fourth-order valence-electron chi connectivity index (χ4n) is 7.48. The summed E-state index contributed by atoms with van der Waals surface area (Å²) in [5, 5.41) is 5.41. The highest BCUT2D eigenvalue weighted by Crippen LogP contribution is 2.37. The summed E-state index contributed by atoms with van der Waals surface area (Å²) < 4.78 is 0. The normalized spacial score (nSPS) is 13.9. The molecule has 0 aromatic heterocycles. The smallest absolute Gasteiger partial charge is 0.000710 e. The third kappa shape index (κ3) is 5.49. The molecule has 0 aliphatic heterocycles. The second-order valence-electron chi connectivity index (χ2n) is 14.6. The molecule has 217 valence electrons. The summed E-state index contributed by atoms with van der Waals surface area (Å²) in [6.07, 6.45) is 13.7. The molecule has 2 aliphatic carbocycles. The van der Waals surface area contributed by atoms with Crippen molar-refractivity contribution >= 4 is 17.2 Å². The van der Waals surface area contributed by atoms with Gasteiger partial charge in [0.05, 0.1) is 0 Å². The lowest BCUT2D eigenvalue weighted by Gasteiger charge is -2.28. The molecule has 0 heteroatoms. The summed E-state index contributed by atoms with van der Waals surface area (Å²) >= 11 is 0. The molecule has 0 heterocycles. The quantitative estimate of drug-likeness (QED) is 0.201. The molecule has 6 rings (SSSR count). The van der Waals surface area contributed by atoms with Crippen molar-refractivity contribution in [1.29, 1.82) is 0 Å². The highest BCUT2D eigenvalue weighted by atomic mass is 14.3. The zero-order valence-corrected chi connectivity index (χ0v) is 27.3. The van der Waals surface area contributed by atoms with Gasteiger partial charge in [-0.25, -0.2) is 0 Å². The van der Waals surface area contributed by atoms with Gasteiger partial charge in [-0.1, -0.05) is 132 Å². The lowest BCUT2D eigenvalue weighted by atomic mass is 9.76. The summed E-state index contributed by atoms with van der Waals surface area (Å²) in [5.41, 5.74) is 13.9. The molecule has 0 atom stereocenters. The monoisotopic (exact) mass is 561 g/mol. The molecular weight excluding hydrogens is 516 g/mol. The number of hydrogen-bond donors (Lipinski definition) is 0. The summed E-state index contributed by atoms with van der Waals surface area (Å²) in [7, 11) is 0. The van der Waals surface area contributed by atoms with Gasteiger partial charge in [0.2, 0.25) is 0 Å². The van der Waals surface area contributed by atoms with Crippen LogP contribution in [0.1, 0.15) is 92.5 Å². The first-order valence-electron chi connectivity index (χ1n) is 15.9. The van der Waals surface area contributed by atoms with Crippen LogP contribution in [0.5, 0.6) is 0 Å². The molecule has 1 radical (unpaired) electrons.